The van der Waals surface area contributed by atoms with Crippen molar-refractivity contribution in [2.24, 2.45) is 0 Å². The van der Waals surface area contributed by atoms with E-state index in [1.165, 1.54) is 32.6 Å². The van der Waals surface area contributed by atoms with E-state index < -0.39 is 0 Å². The molecule has 282 valence electrons. The molecule has 0 N–H and O–H groups in total. The van der Waals surface area contributed by atoms with E-state index >= 15 is 0 Å². The van der Waals surface area contributed by atoms with E-state index in [4.69, 9.17) is 0 Å². The van der Waals surface area contributed by atoms with Crippen molar-refractivity contribution >= 4 is 65.4 Å². The van der Waals surface area contributed by atoms with Gasteiger partial charge in [0.15, 0.2) is 0 Å². The molecule has 0 amide bonds. The Bertz CT molecular complexity index is 3780. The molecule has 3 aromatic heterocycles. The number of rotatable bonds is 5. The molecule has 61 heavy (non-hydrogen) atoms. The third kappa shape index (κ3) is 5.12. The SMILES string of the molecule is N#Cc1ccc(-c2ccc(-n3c4ccc(-n5c6ccccc6c6ccccc65)cc4c4ccc5c(c6ccccc6n5-c5ccccc5)c43)c(-c3ccccc3)c2)cc1C#N. The summed E-state index contributed by atoms with van der Waals surface area (Å²) >= 11 is 0. The van der Waals surface area contributed by atoms with Crippen LogP contribution in [0.2, 0.25) is 0 Å². The van der Waals surface area contributed by atoms with Crippen LogP contribution in [0.15, 0.2) is 200 Å². The second kappa shape index (κ2) is 13.5. The maximum absolute atomic E-state index is 9.94. The molecule has 5 heteroatoms. The molecule has 0 spiro atoms. The van der Waals surface area contributed by atoms with Crippen LogP contribution in [0.25, 0.3) is 105 Å². The number of nitrogens with zero attached hydrogens (tertiary/aromatic N) is 5. The van der Waals surface area contributed by atoms with Gasteiger partial charge in [0.05, 0.1) is 49.9 Å². The quantitative estimate of drug-likeness (QED) is 0.175. The van der Waals surface area contributed by atoms with Gasteiger partial charge in [-0.3, -0.25) is 0 Å². The zero-order chi connectivity index (χ0) is 40.6. The summed E-state index contributed by atoms with van der Waals surface area (Å²) in [5.41, 5.74) is 14.8. The molecule has 0 saturated heterocycles. The molecule has 0 aliphatic heterocycles. The van der Waals surface area contributed by atoms with Crippen LogP contribution in [0.5, 0.6) is 0 Å². The van der Waals surface area contributed by atoms with Crippen molar-refractivity contribution in [3.8, 4) is 51.5 Å². The molecule has 3 heterocycles. The van der Waals surface area contributed by atoms with E-state index in [1.807, 2.05) is 18.2 Å². The molecule has 0 fully saturated rings. The van der Waals surface area contributed by atoms with Crippen molar-refractivity contribution in [3.63, 3.8) is 0 Å². The smallest absolute Gasteiger partial charge is 0.101 e. The fourth-order valence-electron chi connectivity index (χ4n) is 9.67. The van der Waals surface area contributed by atoms with Crippen molar-refractivity contribution in [1.82, 2.24) is 13.7 Å². The second-order valence-electron chi connectivity index (χ2n) is 15.5. The summed E-state index contributed by atoms with van der Waals surface area (Å²) in [6.07, 6.45) is 0. The summed E-state index contributed by atoms with van der Waals surface area (Å²) in [7, 11) is 0. The third-order valence-corrected chi connectivity index (χ3v) is 12.3. The molecule has 0 aliphatic rings. The fourth-order valence-corrected chi connectivity index (χ4v) is 9.67. The van der Waals surface area contributed by atoms with Gasteiger partial charge in [0, 0.05) is 49.3 Å². The number of aromatic nitrogens is 3. The van der Waals surface area contributed by atoms with Crippen LogP contribution >= 0.6 is 0 Å². The lowest BCUT2D eigenvalue weighted by atomic mass is 9.95. The number of hydrogen-bond acceptors (Lipinski definition) is 2. The molecular formula is C56H33N5. The van der Waals surface area contributed by atoms with E-state index in [0.717, 1.165) is 72.2 Å². The van der Waals surface area contributed by atoms with Crippen molar-refractivity contribution in [3.05, 3.63) is 211 Å². The van der Waals surface area contributed by atoms with Gasteiger partial charge in [-0.05, 0) is 95.6 Å². The summed E-state index contributed by atoms with van der Waals surface area (Å²) in [5, 5.41) is 26.8. The Morgan fingerprint density at radius 1 is 0.328 bits per heavy atom. The predicted molar refractivity (Wildman–Crippen MR) is 250 cm³/mol. The van der Waals surface area contributed by atoms with Crippen LogP contribution in [0.1, 0.15) is 11.1 Å². The number of benzene rings is 9. The topological polar surface area (TPSA) is 62.4 Å². The highest BCUT2D eigenvalue weighted by molar-refractivity contribution is 6.26. The van der Waals surface area contributed by atoms with Crippen molar-refractivity contribution in [2.45, 2.75) is 0 Å². The first-order valence-electron chi connectivity index (χ1n) is 20.4. The Morgan fingerprint density at radius 2 is 0.885 bits per heavy atom. The van der Waals surface area contributed by atoms with Crippen molar-refractivity contribution < 1.29 is 0 Å². The zero-order valence-corrected chi connectivity index (χ0v) is 32.8. The first-order valence-corrected chi connectivity index (χ1v) is 20.4. The zero-order valence-electron chi connectivity index (χ0n) is 32.8. The summed E-state index contributed by atoms with van der Waals surface area (Å²) < 4.78 is 7.24. The molecule has 0 saturated carbocycles. The van der Waals surface area contributed by atoms with Crippen LogP contribution in [0, 0.1) is 22.7 Å². The van der Waals surface area contributed by atoms with E-state index in [9.17, 15) is 10.5 Å². The lowest BCUT2D eigenvalue weighted by molar-refractivity contribution is 1.17. The van der Waals surface area contributed by atoms with Gasteiger partial charge in [0.2, 0.25) is 0 Å². The average Bonchev–Trinajstić information content (AvgIpc) is 3.97. The van der Waals surface area contributed by atoms with Crippen LogP contribution in [0.4, 0.5) is 0 Å². The average molecular weight is 776 g/mol. The maximum atomic E-state index is 9.94. The molecule has 12 rings (SSSR count). The van der Waals surface area contributed by atoms with Gasteiger partial charge in [0.25, 0.3) is 0 Å². The van der Waals surface area contributed by atoms with Gasteiger partial charge < -0.3 is 13.7 Å². The van der Waals surface area contributed by atoms with E-state index in [0.29, 0.717) is 11.1 Å². The molecular weight excluding hydrogens is 743 g/mol. The number of nitriles is 2. The first-order chi connectivity index (χ1) is 30.2. The molecule has 12 aromatic rings. The van der Waals surface area contributed by atoms with E-state index in [-0.39, 0.29) is 0 Å². The Morgan fingerprint density at radius 3 is 1.59 bits per heavy atom. The van der Waals surface area contributed by atoms with Crippen LogP contribution in [-0.4, -0.2) is 13.7 Å². The number of fused-ring (bicyclic) bond motifs is 10. The second-order valence-corrected chi connectivity index (χ2v) is 15.5. The van der Waals surface area contributed by atoms with Gasteiger partial charge in [-0.1, -0.05) is 121 Å². The van der Waals surface area contributed by atoms with Gasteiger partial charge in [0.1, 0.15) is 12.1 Å². The molecule has 5 nitrogen and oxygen atoms in total. The van der Waals surface area contributed by atoms with Crippen molar-refractivity contribution in [2.75, 3.05) is 0 Å². The molecule has 0 unspecified atom stereocenters. The summed E-state index contributed by atoms with van der Waals surface area (Å²) in [6.45, 7) is 0. The molecule has 0 radical (unpaired) electrons. The van der Waals surface area contributed by atoms with Crippen LogP contribution < -0.4 is 0 Å². The molecule has 0 atom stereocenters. The van der Waals surface area contributed by atoms with Gasteiger partial charge >= 0.3 is 0 Å². The Kier molecular flexibility index (Phi) is 7.59. The summed E-state index contributed by atoms with van der Waals surface area (Å²) in [5.74, 6) is 0. The molecule has 0 bridgehead atoms. The number of para-hydroxylation sites is 4. The van der Waals surface area contributed by atoms with Gasteiger partial charge in [-0.15, -0.1) is 0 Å². The van der Waals surface area contributed by atoms with E-state index in [1.54, 1.807) is 6.07 Å². The maximum Gasteiger partial charge on any atom is 0.101 e. The summed E-state index contributed by atoms with van der Waals surface area (Å²) in [6, 6.07) is 75.2. The minimum atomic E-state index is 0.365. The predicted octanol–water partition coefficient (Wildman–Crippen LogP) is 14.1. The Labute approximate surface area is 351 Å². The van der Waals surface area contributed by atoms with Gasteiger partial charge in [-0.2, -0.15) is 10.5 Å². The number of hydrogen-bond donors (Lipinski definition) is 0. The lowest BCUT2D eigenvalue weighted by Crippen LogP contribution is -1.99. The molecule has 9 aromatic carbocycles. The highest BCUT2D eigenvalue weighted by Crippen LogP contribution is 2.45. The Balaban J connectivity index is 1.22. The largest absolute Gasteiger partial charge is 0.309 e. The van der Waals surface area contributed by atoms with Gasteiger partial charge in [-0.25, -0.2) is 0 Å². The highest BCUT2D eigenvalue weighted by atomic mass is 15.0. The first kappa shape index (κ1) is 34.4. The Hall–Kier alpha value is -8.64. The van der Waals surface area contributed by atoms with E-state index in [2.05, 4.69) is 202 Å². The molecule has 0 aliphatic carbocycles. The monoisotopic (exact) mass is 775 g/mol. The van der Waals surface area contributed by atoms with Crippen LogP contribution in [0.3, 0.4) is 0 Å². The third-order valence-electron chi connectivity index (χ3n) is 12.3. The standard InChI is InChI=1S/C56H33N5/c57-34-39-24-23-37(31-40(39)35-58)38-25-28-52(47(32-38)36-13-3-1-4-14-36)61-53-29-26-42(60-49-20-10-7-17-43(49)44-18-8-11-21-50(44)60)33-48(53)45-27-30-54-55(56(45)61)46-19-9-12-22-51(46)59(54)41-15-5-2-6-16-41/h1-33H. The minimum Gasteiger partial charge on any atom is -0.309 e. The highest BCUT2D eigenvalue weighted by Gasteiger charge is 2.24. The summed E-state index contributed by atoms with van der Waals surface area (Å²) in [4.78, 5) is 0. The van der Waals surface area contributed by atoms with Crippen molar-refractivity contribution in [1.29, 1.82) is 10.5 Å². The normalized spacial score (nSPS) is 11.6. The lowest BCUT2D eigenvalue weighted by Gasteiger charge is -2.17. The van der Waals surface area contributed by atoms with Crippen LogP contribution in [-0.2, 0) is 0 Å². The fraction of sp³-hybridized carbons (Fsp3) is 0. The minimum absolute atomic E-state index is 0.365.